The number of carbonyl (C=O) groups is 2. The number of rotatable bonds is 5. The zero-order valence-corrected chi connectivity index (χ0v) is 20.5. The second-order valence-electron chi connectivity index (χ2n) is 9.22. The summed E-state index contributed by atoms with van der Waals surface area (Å²) in [5, 5.41) is 20.7. The molecule has 0 spiro atoms. The van der Waals surface area contributed by atoms with E-state index in [9.17, 15) is 9.59 Å². The van der Waals surface area contributed by atoms with E-state index in [1.165, 1.54) is 0 Å². The van der Waals surface area contributed by atoms with Crippen molar-refractivity contribution in [2.24, 2.45) is 7.05 Å². The zero-order valence-electron chi connectivity index (χ0n) is 20.5. The molecule has 0 unspecified atom stereocenters. The molecule has 0 saturated carbocycles. The molecule has 2 amide bonds. The van der Waals surface area contributed by atoms with Gasteiger partial charge in [-0.05, 0) is 50.5 Å². The number of nitrogens with zero attached hydrogens (tertiary/aromatic N) is 7. The first kappa shape index (κ1) is 23.5. The minimum absolute atomic E-state index is 0.112. The van der Waals surface area contributed by atoms with Crippen molar-refractivity contribution < 1.29 is 14.3 Å². The fourth-order valence-corrected chi connectivity index (χ4v) is 4.29. The number of benzene rings is 1. The van der Waals surface area contributed by atoms with Crippen molar-refractivity contribution in [3.63, 3.8) is 0 Å². The maximum atomic E-state index is 12.9. The molecule has 1 aliphatic heterocycles. The Morgan fingerprint density at radius 2 is 1.83 bits per heavy atom. The Morgan fingerprint density at radius 3 is 2.56 bits per heavy atom. The molecule has 0 atom stereocenters. The molecule has 3 aromatic heterocycles. The summed E-state index contributed by atoms with van der Waals surface area (Å²) in [5.74, 6) is 0.0526. The second-order valence-corrected chi connectivity index (χ2v) is 9.22. The predicted octanol–water partition coefficient (Wildman–Crippen LogP) is 3.66. The number of piperidine rings is 1. The highest BCUT2D eigenvalue weighted by Crippen LogP contribution is 2.25. The number of nitrogens with one attached hydrogen (secondary N) is 1. The van der Waals surface area contributed by atoms with Crippen LogP contribution in [0.2, 0.25) is 0 Å². The van der Waals surface area contributed by atoms with Crippen LogP contribution in [0, 0.1) is 0 Å². The van der Waals surface area contributed by atoms with E-state index < -0.39 is 0 Å². The Bertz CT molecular complexity index is 1400. The van der Waals surface area contributed by atoms with Crippen LogP contribution in [0.3, 0.4) is 0 Å². The summed E-state index contributed by atoms with van der Waals surface area (Å²) in [5.41, 5.74) is 3.17. The average Bonchev–Trinajstić information content (AvgIpc) is 3.53. The van der Waals surface area contributed by atoms with Crippen molar-refractivity contribution in [2.75, 3.05) is 18.4 Å². The van der Waals surface area contributed by atoms with Gasteiger partial charge >= 0.3 is 6.09 Å². The summed E-state index contributed by atoms with van der Waals surface area (Å²) in [4.78, 5) is 26.7. The van der Waals surface area contributed by atoms with Crippen LogP contribution in [0.4, 0.5) is 10.6 Å². The summed E-state index contributed by atoms with van der Waals surface area (Å²) in [6.45, 7) is 4.85. The van der Waals surface area contributed by atoms with Gasteiger partial charge in [0.25, 0.3) is 5.91 Å². The number of anilines is 1. The maximum Gasteiger partial charge on any atom is 0.410 e. The molecule has 1 saturated heterocycles. The van der Waals surface area contributed by atoms with Crippen LogP contribution in [-0.2, 0) is 11.8 Å². The van der Waals surface area contributed by atoms with Crippen LogP contribution in [0.15, 0.2) is 49.1 Å². The lowest BCUT2D eigenvalue weighted by Crippen LogP contribution is -2.40. The van der Waals surface area contributed by atoms with E-state index in [-0.39, 0.29) is 24.1 Å². The summed E-state index contributed by atoms with van der Waals surface area (Å²) in [6, 6.07) is 7.78. The van der Waals surface area contributed by atoms with Gasteiger partial charge in [0.05, 0.1) is 35.6 Å². The smallest absolute Gasteiger partial charge is 0.410 e. The van der Waals surface area contributed by atoms with E-state index in [1.807, 2.05) is 45.3 Å². The van der Waals surface area contributed by atoms with Crippen molar-refractivity contribution in [3.05, 3.63) is 54.6 Å². The minimum Gasteiger partial charge on any atom is -0.447 e. The van der Waals surface area contributed by atoms with Gasteiger partial charge in [0.15, 0.2) is 5.82 Å². The SMILES string of the molecule is CC(C)OC(=O)N1CCC(n2cc(C(=O)Nc3cc4cc(-c5cnn(C)c5)ccc4nn3)cn2)CC1. The average molecular weight is 489 g/mol. The lowest BCUT2D eigenvalue weighted by Gasteiger charge is -2.31. The van der Waals surface area contributed by atoms with Gasteiger partial charge < -0.3 is 15.0 Å². The van der Waals surface area contributed by atoms with Crippen LogP contribution in [0.1, 0.15) is 43.1 Å². The molecule has 0 bridgehead atoms. The van der Waals surface area contributed by atoms with Crippen LogP contribution < -0.4 is 5.32 Å². The van der Waals surface area contributed by atoms with E-state index in [1.54, 1.807) is 38.9 Å². The third-order valence-corrected chi connectivity index (χ3v) is 6.16. The van der Waals surface area contributed by atoms with Crippen molar-refractivity contribution >= 4 is 28.7 Å². The number of amides is 2. The molecule has 11 heteroatoms. The minimum atomic E-state index is -0.309. The van der Waals surface area contributed by atoms with Gasteiger partial charge in [-0.1, -0.05) is 6.07 Å². The second kappa shape index (κ2) is 9.76. The number of hydrogen-bond donors (Lipinski definition) is 1. The topological polar surface area (TPSA) is 120 Å². The number of likely N-dealkylation sites (tertiary alicyclic amines) is 1. The molecule has 36 heavy (non-hydrogen) atoms. The van der Waals surface area contributed by atoms with Crippen LogP contribution in [0.25, 0.3) is 22.0 Å². The van der Waals surface area contributed by atoms with Crippen molar-refractivity contribution in [1.82, 2.24) is 34.7 Å². The van der Waals surface area contributed by atoms with E-state index >= 15 is 0 Å². The Hall–Kier alpha value is -4.28. The molecule has 1 fully saturated rings. The van der Waals surface area contributed by atoms with Crippen molar-refractivity contribution in [3.8, 4) is 11.1 Å². The largest absolute Gasteiger partial charge is 0.447 e. The van der Waals surface area contributed by atoms with Gasteiger partial charge in [-0.2, -0.15) is 10.2 Å². The van der Waals surface area contributed by atoms with E-state index in [2.05, 4.69) is 25.7 Å². The molecule has 186 valence electrons. The number of ether oxygens (including phenoxy) is 1. The normalized spacial score (nSPS) is 14.4. The first-order valence-corrected chi connectivity index (χ1v) is 11.9. The van der Waals surface area contributed by atoms with Crippen LogP contribution in [0.5, 0.6) is 0 Å². The predicted molar refractivity (Wildman–Crippen MR) is 133 cm³/mol. The fourth-order valence-electron chi connectivity index (χ4n) is 4.29. The molecule has 0 aliphatic carbocycles. The first-order chi connectivity index (χ1) is 17.4. The third kappa shape index (κ3) is 5.04. The molecule has 5 rings (SSSR count). The highest BCUT2D eigenvalue weighted by atomic mass is 16.6. The van der Waals surface area contributed by atoms with Gasteiger partial charge in [0.1, 0.15) is 0 Å². The molecule has 1 aliphatic rings. The lowest BCUT2D eigenvalue weighted by molar-refractivity contribution is 0.0653. The fraction of sp³-hybridized carbons (Fsp3) is 0.360. The van der Waals surface area contributed by atoms with E-state index in [4.69, 9.17) is 4.74 Å². The summed E-state index contributed by atoms with van der Waals surface area (Å²) >= 11 is 0. The number of carbonyl (C=O) groups excluding carboxylic acids is 2. The third-order valence-electron chi connectivity index (χ3n) is 6.16. The molecular weight excluding hydrogens is 460 g/mol. The number of fused-ring (bicyclic) bond motifs is 1. The number of aromatic nitrogens is 6. The molecule has 1 N–H and O–H groups in total. The van der Waals surface area contributed by atoms with E-state index in [0.717, 1.165) is 34.9 Å². The monoisotopic (exact) mass is 488 g/mol. The van der Waals surface area contributed by atoms with E-state index in [0.29, 0.717) is 24.5 Å². The van der Waals surface area contributed by atoms with Crippen LogP contribution in [-0.4, -0.2) is 65.9 Å². The molecule has 4 aromatic rings. The Kier molecular flexibility index (Phi) is 6.36. The van der Waals surface area contributed by atoms with Gasteiger partial charge in [-0.3, -0.25) is 14.2 Å². The summed E-state index contributed by atoms with van der Waals surface area (Å²) in [7, 11) is 1.87. The Morgan fingerprint density at radius 1 is 1.03 bits per heavy atom. The summed E-state index contributed by atoms with van der Waals surface area (Å²) in [6.07, 6.45) is 8.08. The quantitative estimate of drug-likeness (QED) is 0.455. The molecule has 4 heterocycles. The highest BCUT2D eigenvalue weighted by Gasteiger charge is 2.26. The lowest BCUT2D eigenvalue weighted by atomic mass is 10.1. The molecular formula is C25H28N8O3. The number of hydrogen-bond acceptors (Lipinski definition) is 7. The van der Waals surface area contributed by atoms with Gasteiger partial charge in [-0.15, -0.1) is 10.2 Å². The zero-order chi connectivity index (χ0) is 25.2. The van der Waals surface area contributed by atoms with Gasteiger partial charge in [-0.25, -0.2) is 4.79 Å². The van der Waals surface area contributed by atoms with Crippen LogP contribution >= 0.6 is 0 Å². The summed E-state index contributed by atoms with van der Waals surface area (Å²) < 4.78 is 8.82. The highest BCUT2D eigenvalue weighted by molar-refractivity contribution is 6.04. The molecule has 11 nitrogen and oxygen atoms in total. The van der Waals surface area contributed by atoms with Gasteiger partial charge in [0.2, 0.25) is 0 Å². The van der Waals surface area contributed by atoms with Crippen molar-refractivity contribution in [2.45, 2.75) is 38.8 Å². The molecule has 0 radical (unpaired) electrons. The first-order valence-electron chi connectivity index (χ1n) is 11.9. The number of aryl methyl sites for hydroxylation is 1. The Balaban J connectivity index is 1.24. The maximum absolute atomic E-state index is 12.9. The molecule has 1 aromatic carbocycles. The van der Waals surface area contributed by atoms with Crippen molar-refractivity contribution in [1.29, 1.82) is 0 Å². The Labute approximate surface area is 208 Å². The standard InChI is InChI=1S/C25H28N8O3/c1-16(2)36-25(35)32-8-6-21(7-9-32)33-15-20(13-27-33)24(34)28-23-11-18-10-17(4-5-22(18)29-30-23)19-12-26-31(3)14-19/h4-5,10-16,21H,6-9H2,1-3H3,(H,28,30,34). The van der Waals surface area contributed by atoms with Gasteiger partial charge in [0, 0.05) is 43.5 Å².